The summed E-state index contributed by atoms with van der Waals surface area (Å²) < 4.78 is 4.61. The van der Waals surface area contributed by atoms with Gasteiger partial charge >= 0.3 is 0 Å². The van der Waals surface area contributed by atoms with Crippen LogP contribution in [0.4, 0.5) is 0 Å². The van der Waals surface area contributed by atoms with Crippen molar-refractivity contribution >= 4 is 21.9 Å². The fourth-order valence-corrected chi connectivity index (χ4v) is 1.30. The highest BCUT2D eigenvalue weighted by molar-refractivity contribution is 6.00. The van der Waals surface area contributed by atoms with Gasteiger partial charge in [-0.25, -0.2) is 14.6 Å². The van der Waals surface area contributed by atoms with Crippen LogP contribution in [-0.2, 0) is 0 Å². The Balaban J connectivity index is 2.65. The molecule has 0 unspecified atom stereocenters. The topological polar surface area (TPSA) is 64.7 Å². The van der Waals surface area contributed by atoms with E-state index in [1.807, 2.05) is 12.1 Å². The fraction of sp³-hybridized carbons (Fsp3) is 0. The number of hydrogen-bond donors (Lipinski definition) is 0. The highest BCUT2D eigenvalue weighted by Gasteiger charge is 2.05. The summed E-state index contributed by atoms with van der Waals surface area (Å²) in [7, 11) is 0. The first-order valence-electron chi connectivity index (χ1n) is 3.76. The summed E-state index contributed by atoms with van der Waals surface area (Å²) in [4.78, 5) is 8.02. The van der Waals surface area contributed by atoms with Gasteiger partial charge in [0.25, 0.3) is 0 Å². The molecule has 62 valence electrons. The van der Waals surface area contributed by atoms with Crippen molar-refractivity contribution in [1.29, 1.82) is 0 Å². The Morgan fingerprint density at radius 1 is 1.08 bits per heavy atom. The van der Waals surface area contributed by atoms with Gasteiger partial charge in [-0.1, -0.05) is 0 Å². The minimum absolute atomic E-state index is 0.680. The first-order valence-corrected chi connectivity index (χ1v) is 3.76. The Hall–Kier alpha value is -2.04. The number of hydrogen-bond acceptors (Lipinski definition) is 5. The lowest BCUT2D eigenvalue weighted by atomic mass is 10.2. The summed E-state index contributed by atoms with van der Waals surface area (Å²) in [6.07, 6.45) is 3.22. The molecule has 2 aromatic heterocycles. The lowest BCUT2D eigenvalue weighted by Gasteiger charge is -1.92. The number of nitrogens with zero attached hydrogens (tertiary/aromatic N) is 4. The molecule has 0 fully saturated rings. The van der Waals surface area contributed by atoms with Crippen molar-refractivity contribution in [1.82, 2.24) is 20.3 Å². The average Bonchev–Trinajstić information content (AvgIpc) is 2.65. The van der Waals surface area contributed by atoms with Crippen LogP contribution in [0.1, 0.15) is 0 Å². The zero-order valence-electron chi connectivity index (χ0n) is 6.51. The van der Waals surface area contributed by atoms with E-state index in [0.29, 0.717) is 11.0 Å². The minimum Gasteiger partial charge on any atom is -0.244 e. The molecule has 0 N–H and O–H groups in total. The van der Waals surface area contributed by atoms with Gasteiger partial charge in [-0.3, -0.25) is 0 Å². The maximum Gasteiger partial charge on any atom is 0.161 e. The number of rotatable bonds is 0. The van der Waals surface area contributed by atoms with Crippen LogP contribution in [0.2, 0.25) is 0 Å². The Bertz CT molecular complexity index is 574. The normalized spacial score (nSPS) is 11.1. The van der Waals surface area contributed by atoms with E-state index in [-0.39, 0.29) is 0 Å². The molecule has 0 saturated carbocycles. The van der Waals surface area contributed by atoms with Crippen molar-refractivity contribution in [3.63, 3.8) is 0 Å². The first-order chi connectivity index (χ1) is 6.45. The molecule has 0 amide bonds. The van der Waals surface area contributed by atoms with E-state index in [2.05, 4.69) is 24.9 Å². The summed E-state index contributed by atoms with van der Waals surface area (Å²) in [6, 6.07) is 3.72. The van der Waals surface area contributed by atoms with E-state index in [1.165, 1.54) is 6.33 Å². The molecule has 5 nitrogen and oxygen atoms in total. The van der Waals surface area contributed by atoms with Gasteiger partial charge in [0.15, 0.2) is 5.52 Å². The molecule has 0 bridgehead atoms. The molecular weight excluding hydrogens is 168 g/mol. The van der Waals surface area contributed by atoms with Gasteiger partial charge in [0.05, 0.1) is 0 Å². The van der Waals surface area contributed by atoms with Crippen molar-refractivity contribution in [2.24, 2.45) is 0 Å². The van der Waals surface area contributed by atoms with Gasteiger partial charge in [-0.2, -0.15) is 0 Å². The number of aromatic nitrogens is 4. The van der Waals surface area contributed by atoms with Crippen LogP contribution in [0, 0.1) is 0 Å². The second-order valence-corrected chi connectivity index (χ2v) is 2.66. The zero-order chi connectivity index (χ0) is 8.67. The monoisotopic (exact) mass is 172 g/mol. The Kier molecular flexibility index (Phi) is 1.11. The van der Waals surface area contributed by atoms with Crippen LogP contribution >= 0.6 is 0 Å². The molecule has 0 saturated heterocycles. The van der Waals surface area contributed by atoms with Crippen LogP contribution in [0.3, 0.4) is 0 Å². The maximum absolute atomic E-state index is 4.61. The first kappa shape index (κ1) is 6.47. The van der Waals surface area contributed by atoms with Gasteiger partial charge in [0.1, 0.15) is 17.4 Å². The quantitative estimate of drug-likeness (QED) is 0.509. The summed E-state index contributed by atoms with van der Waals surface area (Å²) in [5, 5.41) is 8.43. The van der Waals surface area contributed by atoms with E-state index in [4.69, 9.17) is 0 Å². The zero-order valence-corrected chi connectivity index (χ0v) is 6.51. The molecule has 13 heavy (non-hydrogen) atoms. The predicted molar refractivity (Wildman–Crippen MR) is 44.9 cm³/mol. The van der Waals surface area contributed by atoms with Crippen LogP contribution in [0.15, 0.2) is 29.3 Å². The molecule has 3 aromatic rings. The third-order valence-corrected chi connectivity index (χ3v) is 1.90. The fourth-order valence-electron chi connectivity index (χ4n) is 1.30. The summed E-state index contributed by atoms with van der Waals surface area (Å²) in [6.45, 7) is 0. The Morgan fingerprint density at radius 3 is 3.08 bits per heavy atom. The Morgan fingerprint density at radius 2 is 2.08 bits per heavy atom. The van der Waals surface area contributed by atoms with Crippen LogP contribution in [-0.4, -0.2) is 20.3 Å². The van der Waals surface area contributed by atoms with Crippen LogP contribution in [0.25, 0.3) is 21.9 Å². The van der Waals surface area contributed by atoms with Crippen molar-refractivity contribution in [3.05, 3.63) is 24.7 Å². The van der Waals surface area contributed by atoms with E-state index in [0.717, 1.165) is 10.9 Å². The van der Waals surface area contributed by atoms with Crippen molar-refractivity contribution < 1.29 is 4.63 Å². The van der Waals surface area contributed by atoms with E-state index >= 15 is 0 Å². The predicted octanol–water partition coefficient (Wildman–Crippen LogP) is 1.17. The van der Waals surface area contributed by atoms with Gasteiger partial charge < -0.3 is 0 Å². The summed E-state index contributed by atoms with van der Waals surface area (Å²) in [5.41, 5.74) is 2.17. The molecule has 5 heteroatoms. The molecule has 0 aliphatic carbocycles. The molecule has 1 aromatic carbocycles. The maximum atomic E-state index is 4.61. The smallest absolute Gasteiger partial charge is 0.161 e. The molecule has 0 radical (unpaired) electrons. The molecule has 0 aliphatic rings. The minimum atomic E-state index is 0.680. The van der Waals surface area contributed by atoms with Gasteiger partial charge in [0, 0.05) is 11.6 Å². The largest absolute Gasteiger partial charge is 0.244 e. The molecule has 2 heterocycles. The molecule has 0 aliphatic heterocycles. The van der Waals surface area contributed by atoms with Crippen molar-refractivity contribution in [2.45, 2.75) is 0 Å². The Labute approximate surface area is 72.4 Å². The summed E-state index contributed by atoms with van der Waals surface area (Å²) >= 11 is 0. The molecule has 0 atom stereocenters. The lowest BCUT2D eigenvalue weighted by Crippen LogP contribution is -1.82. The van der Waals surface area contributed by atoms with Crippen molar-refractivity contribution in [3.8, 4) is 0 Å². The number of benzene rings is 1. The van der Waals surface area contributed by atoms with E-state index < -0.39 is 0 Å². The second kappa shape index (κ2) is 2.22. The molecular formula is C8H4N4O. The van der Waals surface area contributed by atoms with E-state index in [1.54, 1.807) is 6.20 Å². The standard InChI is InChI=1S/C8H4N4O/c1-2-6-8(12-13-11-6)7-5(1)3-9-4-10-7/h1-4H. The van der Waals surface area contributed by atoms with Gasteiger partial charge in [-0.15, -0.1) is 0 Å². The van der Waals surface area contributed by atoms with Crippen molar-refractivity contribution in [2.75, 3.05) is 0 Å². The highest BCUT2D eigenvalue weighted by Crippen LogP contribution is 2.18. The van der Waals surface area contributed by atoms with Gasteiger partial charge in [0.2, 0.25) is 0 Å². The number of fused-ring (bicyclic) bond motifs is 3. The van der Waals surface area contributed by atoms with Crippen LogP contribution < -0.4 is 0 Å². The third-order valence-electron chi connectivity index (χ3n) is 1.90. The molecule has 0 spiro atoms. The average molecular weight is 172 g/mol. The van der Waals surface area contributed by atoms with E-state index in [9.17, 15) is 0 Å². The SMILES string of the molecule is c1ncc2ccc3nonc3c2n1. The second-order valence-electron chi connectivity index (χ2n) is 2.66. The van der Waals surface area contributed by atoms with Gasteiger partial charge in [-0.05, 0) is 22.4 Å². The third kappa shape index (κ3) is 0.807. The highest BCUT2D eigenvalue weighted by atomic mass is 16.6. The lowest BCUT2D eigenvalue weighted by molar-refractivity contribution is 0.315. The van der Waals surface area contributed by atoms with Crippen LogP contribution in [0.5, 0.6) is 0 Å². The molecule has 3 rings (SSSR count). The summed E-state index contributed by atoms with van der Waals surface area (Å²) in [5.74, 6) is 0.